The van der Waals surface area contributed by atoms with E-state index in [1.165, 1.54) is 0 Å². The van der Waals surface area contributed by atoms with Gasteiger partial charge in [-0.05, 0) is 84.4 Å². The summed E-state index contributed by atoms with van der Waals surface area (Å²) in [6, 6.07) is 0. The zero-order valence-electron chi connectivity index (χ0n) is 22.1. The van der Waals surface area contributed by atoms with E-state index < -0.39 is 5.41 Å². The summed E-state index contributed by atoms with van der Waals surface area (Å²) >= 11 is 0. The summed E-state index contributed by atoms with van der Waals surface area (Å²) in [5.74, 6) is 1.90. The van der Waals surface area contributed by atoms with Gasteiger partial charge in [0.15, 0.2) is 0 Å². The molecule has 5 rings (SSSR count). The smallest absolute Gasteiger partial charge is 0.141 e. The van der Waals surface area contributed by atoms with Crippen molar-refractivity contribution >= 4 is 11.6 Å². The lowest BCUT2D eigenvalue weighted by Gasteiger charge is -2.70. The van der Waals surface area contributed by atoms with Crippen molar-refractivity contribution in [2.45, 2.75) is 106 Å². The Bertz CT molecular complexity index is 931. The molecule has 5 aliphatic carbocycles. The number of carbonyl (C=O) groups is 2. The molecule has 0 heterocycles. The van der Waals surface area contributed by atoms with E-state index in [1.54, 1.807) is 5.57 Å². The van der Waals surface area contributed by atoms with Crippen LogP contribution in [0, 0.1) is 50.2 Å². The van der Waals surface area contributed by atoms with Crippen molar-refractivity contribution in [3.05, 3.63) is 11.6 Å². The van der Waals surface area contributed by atoms with Crippen molar-refractivity contribution in [1.82, 2.24) is 0 Å². The predicted molar refractivity (Wildman–Crippen MR) is 132 cm³/mol. The topological polar surface area (TPSA) is 54.4 Å². The molecule has 4 fully saturated rings. The normalized spacial score (nSPS) is 53.3. The first-order valence-corrected chi connectivity index (χ1v) is 13.6. The number of fused-ring (bicyclic) bond motifs is 7. The van der Waals surface area contributed by atoms with Crippen LogP contribution in [-0.2, 0) is 9.59 Å². The molecule has 0 saturated heterocycles. The van der Waals surface area contributed by atoms with Crippen LogP contribution in [0.4, 0.5) is 0 Å². The van der Waals surface area contributed by atoms with E-state index in [0.717, 1.165) is 51.4 Å². The molecule has 184 valence electrons. The maximum Gasteiger partial charge on any atom is 0.141 e. The van der Waals surface area contributed by atoms with Crippen LogP contribution in [0.2, 0.25) is 0 Å². The SMILES string of the molecule is CC1(C)CC(=O)[C@]2(C)CC[C@]3(C)C(=CC[C@@H]4[C@@]5(C)CCC(=O)[C@](C)(CO)C5CC[C@]43C)[C@H]2C1. The molecule has 0 aromatic carbocycles. The number of carbonyl (C=O) groups excluding carboxylic acids is 2. The second-order valence-corrected chi connectivity index (χ2v) is 14.7. The predicted octanol–water partition coefficient (Wildman–Crippen LogP) is 6.53. The Kier molecular flexibility index (Phi) is 4.92. The molecule has 0 aliphatic heterocycles. The second kappa shape index (κ2) is 6.83. The molecule has 33 heavy (non-hydrogen) atoms. The van der Waals surface area contributed by atoms with Gasteiger partial charge in [0.1, 0.15) is 11.6 Å². The van der Waals surface area contributed by atoms with Crippen LogP contribution in [0.1, 0.15) is 106 Å². The Morgan fingerprint density at radius 3 is 2.27 bits per heavy atom. The first kappa shape index (κ1) is 23.8. The highest BCUT2D eigenvalue weighted by molar-refractivity contribution is 5.87. The summed E-state index contributed by atoms with van der Waals surface area (Å²) in [5, 5.41) is 10.3. The van der Waals surface area contributed by atoms with Crippen molar-refractivity contribution in [2.75, 3.05) is 6.61 Å². The highest BCUT2D eigenvalue weighted by Gasteiger charge is 2.69. The van der Waals surface area contributed by atoms with E-state index in [2.05, 4.69) is 47.6 Å². The number of allylic oxidation sites excluding steroid dienone is 2. The fourth-order valence-corrected chi connectivity index (χ4v) is 10.3. The summed E-state index contributed by atoms with van der Waals surface area (Å²) < 4.78 is 0. The molecule has 0 bridgehead atoms. The van der Waals surface area contributed by atoms with Crippen LogP contribution < -0.4 is 0 Å². The number of Topliss-reactive ketones (excluding diaryl/α,β-unsaturated/α-hetero) is 2. The van der Waals surface area contributed by atoms with Gasteiger partial charge < -0.3 is 5.11 Å². The standard InChI is InChI=1S/C30H46O3/c1-25(2)16-20-19-8-9-22-27(4)12-11-23(32)28(5,18-31)21(27)10-13-30(22,7)29(19,6)15-14-26(20,3)24(33)17-25/h8,20-22,31H,9-18H2,1-7H3/t20-,21?,22-,26-,27+,28-,29-,30-/m1/s1. The molecule has 1 unspecified atom stereocenters. The van der Waals surface area contributed by atoms with Gasteiger partial charge in [-0.15, -0.1) is 0 Å². The number of aliphatic hydroxyl groups excluding tert-OH is 1. The van der Waals surface area contributed by atoms with Crippen LogP contribution in [0.15, 0.2) is 11.6 Å². The van der Waals surface area contributed by atoms with Crippen LogP contribution in [0.3, 0.4) is 0 Å². The first-order chi connectivity index (χ1) is 15.2. The maximum absolute atomic E-state index is 13.4. The van der Waals surface area contributed by atoms with Crippen molar-refractivity contribution in [1.29, 1.82) is 0 Å². The summed E-state index contributed by atoms with van der Waals surface area (Å²) in [7, 11) is 0. The lowest BCUT2D eigenvalue weighted by Crippen LogP contribution is -2.65. The van der Waals surface area contributed by atoms with Crippen molar-refractivity contribution < 1.29 is 14.7 Å². The molecule has 8 atom stereocenters. The molecule has 3 nitrogen and oxygen atoms in total. The Morgan fingerprint density at radius 2 is 1.61 bits per heavy atom. The molecule has 4 saturated carbocycles. The third kappa shape index (κ3) is 2.78. The molecule has 0 radical (unpaired) electrons. The van der Waals surface area contributed by atoms with Crippen LogP contribution in [0.25, 0.3) is 0 Å². The van der Waals surface area contributed by atoms with Gasteiger partial charge in [-0.3, -0.25) is 9.59 Å². The summed E-state index contributed by atoms with van der Waals surface area (Å²) in [4.78, 5) is 26.4. The monoisotopic (exact) mass is 454 g/mol. The van der Waals surface area contributed by atoms with Gasteiger partial charge >= 0.3 is 0 Å². The van der Waals surface area contributed by atoms with Crippen LogP contribution in [0.5, 0.6) is 0 Å². The fourth-order valence-electron chi connectivity index (χ4n) is 10.3. The maximum atomic E-state index is 13.4. The fraction of sp³-hybridized carbons (Fsp3) is 0.867. The first-order valence-electron chi connectivity index (χ1n) is 13.6. The molecule has 0 spiro atoms. The van der Waals surface area contributed by atoms with Gasteiger partial charge in [-0.1, -0.05) is 60.1 Å². The number of rotatable bonds is 1. The quantitative estimate of drug-likeness (QED) is 0.458. The lowest BCUT2D eigenvalue weighted by molar-refractivity contribution is -0.191. The number of aliphatic hydroxyl groups is 1. The minimum absolute atomic E-state index is 0.0223. The van der Waals surface area contributed by atoms with Gasteiger partial charge in [0.2, 0.25) is 0 Å². The van der Waals surface area contributed by atoms with E-state index in [4.69, 9.17) is 0 Å². The van der Waals surface area contributed by atoms with Gasteiger partial charge in [-0.25, -0.2) is 0 Å². The van der Waals surface area contributed by atoms with E-state index in [1.807, 2.05) is 6.92 Å². The third-order valence-electron chi connectivity index (χ3n) is 12.7. The Balaban J connectivity index is 1.60. The molecule has 5 aliphatic rings. The van der Waals surface area contributed by atoms with E-state index in [-0.39, 0.29) is 45.4 Å². The zero-order valence-corrected chi connectivity index (χ0v) is 22.1. The Morgan fingerprint density at radius 1 is 0.909 bits per heavy atom. The molecule has 0 amide bonds. The number of ketones is 2. The summed E-state index contributed by atoms with van der Waals surface area (Å²) in [5.41, 5.74) is 1.24. The van der Waals surface area contributed by atoms with E-state index >= 15 is 0 Å². The second-order valence-electron chi connectivity index (χ2n) is 14.7. The van der Waals surface area contributed by atoms with E-state index in [9.17, 15) is 14.7 Å². The molecule has 1 N–H and O–H groups in total. The van der Waals surface area contributed by atoms with E-state index in [0.29, 0.717) is 24.0 Å². The highest BCUT2D eigenvalue weighted by atomic mass is 16.3. The molecule has 0 aromatic rings. The third-order valence-corrected chi connectivity index (χ3v) is 12.7. The van der Waals surface area contributed by atoms with Crippen molar-refractivity contribution in [2.24, 2.45) is 50.2 Å². The highest BCUT2D eigenvalue weighted by Crippen LogP contribution is 2.75. The summed E-state index contributed by atoms with van der Waals surface area (Å²) in [6.45, 7) is 16.4. The van der Waals surface area contributed by atoms with Gasteiger partial charge in [-0.2, -0.15) is 0 Å². The molecule has 0 aromatic heterocycles. The average molecular weight is 455 g/mol. The van der Waals surface area contributed by atoms with Gasteiger partial charge in [0.05, 0.1) is 12.0 Å². The average Bonchev–Trinajstić information content (AvgIpc) is 2.73. The summed E-state index contributed by atoms with van der Waals surface area (Å²) in [6.07, 6.45) is 11.3. The minimum atomic E-state index is -0.593. The minimum Gasteiger partial charge on any atom is -0.395 e. The molecular formula is C30H46O3. The van der Waals surface area contributed by atoms with Crippen LogP contribution in [-0.4, -0.2) is 23.3 Å². The molecule has 3 heteroatoms. The van der Waals surface area contributed by atoms with Gasteiger partial charge in [0, 0.05) is 18.3 Å². The van der Waals surface area contributed by atoms with Crippen molar-refractivity contribution in [3.63, 3.8) is 0 Å². The number of hydrogen-bond acceptors (Lipinski definition) is 3. The van der Waals surface area contributed by atoms with Gasteiger partial charge in [0.25, 0.3) is 0 Å². The lowest BCUT2D eigenvalue weighted by atomic mass is 9.33. The van der Waals surface area contributed by atoms with Crippen molar-refractivity contribution in [3.8, 4) is 0 Å². The number of hydrogen-bond donors (Lipinski definition) is 1. The Labute approximate surface area is 201 Å². The molecular weight excluding hydrogens is 408 g/mol. The zero-order chi connectivity index (χ0) is 24.2. The Hall–Kier alpha value is -0.960. The van der Waals surface area contributed by atoms with Crippen LogP contribution >= 0.6 is 0 Å². The largest absolute Gasteiger partial charge is 0.395 e.